The van der Waals surface area contributed by atoms with Crippen LogP contribution in [0.3, 0.4) is 0 Å². The van der Waals surface area contributed by atoms with E-state index in [4.69, 9.17) is 13.9 Å². The minimum Gasteiger partial charge on any atom is -0.493 e. The minimum absolute atomic E-state index is 0.0284. The first-order valence-electron chi connectivity index (χ1n) is 12.6. The zero-order chi connectivity index (χ0) is 27.1. The molecule has 5 rings (SSSR count). The molecule has 38 heavy (non-hydrogen) atoms. The number of benzene rings is 3. The van der Waals surface area contributed by atoms with Crippen molar-refractivity contribution in [2.75, 3.05) is 13.7 Å². The molecule has 1 aromatic heterocycles. The Balaban J connectivity index is 1.69. The maximum absolute atomic E-state index is 14.0. The number of halogens is 1. The van der Waals surface area contributed by atoms with Gasteiger partial charge in [0.25, 0.3) is 5.91 Å². The monoisotopic (exact) mass is 515 g/mol. The Kier molecular flexibility index (Phi) is 6.69. The molecule has 1 amide bonds. The van der Waals surface area contributed by atoms with Crippen molar-refractivity contribution in [1.29, 1.82) is 0 Å². The number of methoxy groups -OCH3 is 1. The first-order valence-corrected chi connectivity index (χ1v) is 12.6. The van der Waals surface area contributed by atoms with Crippen LogP contribution in [0.2, 0.25) is 0 Å². The van der Waals surface area contributed by atoms with Crippen LogP contribution in [-0.2, 0) is 6.54 Å². The molecule has 4 aromatic rings. The lowest BCUT2D eigenvalue weighted by molar-refractivity contribution is 0.0714. The second-order valence-electron chi connectivity index (χ2n) is 10.2. The second-order valence-corrected chi connectivity index (χ2v) is 10.2. The van der Waals surface area contributed by atoms with Crippen LogP contribution in [0, 0.1) is 25.6 Å². The fourth-order valence-corrected chi connectivity index (χ4v) is 5.00. The summed E-state index contributed by atoms with van der Waals surface area (Å²) in [6, 6.07) is 14.4. The zero-order valence-electron chi connectivity index (χ0n) is 22.1. The van der Waals surface area contributed by atoms with Crippen LogP contribution in [0.5, 0.6) is 11.5 Å². The summed E-state index contributed by atoms with van der Waals surface area (Å²) in [7, 11) is 1.55. The van der Waals surface area contributed by atoms with Gasteiger partial charge in [-0.05, 0) is 72.4 Å². The number of amides is 1. The molecule has 6 nitrogen and oxygen atoms in total. The quantitative estimate of drug-likeness (QED) is 0.287. The van der Waals surface area contributed by atoms with Crippen molar-refractivity contribution in [2.24, 2.45) is 5.92 Å². The first kappa shape index (κ1) is 25.5. The maximum Gasteiger partial charge on any atom is 0.291 e. The summed E-state index contributed by atoms with van der Waals surface area (Å²) in [5, 5.41) is 0.437. The van der Waals surface area contributed by atoms with Gasteiger partial charge in [-0.2, -0.15) is 0 Å². The number of nitrogens with zero attached hydrogens (tertiary/aromatic N) is 1. The highest BCUT2D eigenvalue weighted by atomic mass is 19.1. The molecule has 1 unspecified atom stereocenters. The van der Waals surface area contributed by atoms with E-state index in [2.05, 4.69) is 13.8 Å². The Hall–Kier alpha value is -4.13. The first-order chi connectivity index (χ1) is 18.2. The fourth-order valence-electron chi connectivity index (χ4n) is 5.00. The molecule has 0 N–H and O–H groups in total. The van der Waals surface area contributed by atoms with Gasteiger partial charge in [0, 0.05) is 6.54 Å². The summed E-state index contributed by atoms with van der Waals surface area (Å²) in [4.78, 5) is 29.3. The van der Waals surface area contributed by atoms with Crippen LogP contribution in [0.1, 0.15) is 58.3 Å². The lowest BCUT2D eigenvalue weighted by Gasteiger charge is -2.26. The number of aryl methyl sites for hydroxylation is 2. The predicted molar refractivity (Wildman–Crippen MR) is 143 cm³/mol. The summed E-state index contributed by atoms with van der Waals surface area (Å²) in [6.45, 7) is 8.58. The van der Waals surface area contributed by atoms with Crippen LogP contribution in [0.4, 0.5) is 4.39 Å². The topological polar surface area (TPSA) is 69.0 Å². The summed E-state index contributed by atoms with van der Waals surface area (Å²) in [5.41, 5.74) is 3.58. The van der Waals surface area contributed by atoms with Crippen molar-refractivity contribution in [3.63, 3.8) is 0 Å². The van der Waals surface area contributed by atoms with Gasteiger partial charge in [0.2, 0.25) is 5.76 Å². The third-order valence-electron chi connectivity index (χ3n) is 6.74. The molecule has 0 bridgehead atoms. The maximum atomic E-state index is 14.0. The molecule has 1 aliphatic heterocycles. The van der Waals surface area contributed by atoms with Crippen molar-refractivity contribution in [3.8, 4) is 11.5 Å². The summed E-state index contributed by atoms with van der Waals surface area (Å²) in [5.74, 6) is 0.679. The van der Waals surface area contributed by atoms with Gasteiger partial charge < -0.3 is 18.8 Å². The Labute approximate surface area is 220 Å². The number of carbonyl (C=O) groups is 1. The van der Waals surface area contributed by atoms with E-state index >= 15 is 0 Å². The SMILES string of the molecule is COc1cc(C2c3c(oc4c(C)cc(C)cc4c3=O)C(=O)N2Cc2ccc(F)cc2)ccc1OCC(C)C. The van der Waals surface area contributed by atoms with Crippen LogP contribution >= 0.6 is 0 Å². The number of hydrogen-bond donors (Lipinski definition) is 0. The van der Waals surface area contributed by atoms with Crippen molar-refractivity contribution < 1.29 is 23.1 Å². The molecule has 2 heterocycles. The van der Waals surface area contributed by atoms with Crippen LogP contribution in [0.25, 0.3) is 11.0 Å². The van der Waals surface area contributed by atoms with Crippen molar-refractivity contribution >= 4 is 16.9 Å². The number of ether oxygens (including phenoxy) is 2. The lowest BCUT2D eigenvalue weighted by Crippen LogP contribution is -2.29. The molecule has 0 saturated heterocycles. The largest absolute Gasteiger partial charge is 0.493 e. The van der Waals surface area contributed by atoms with E-state index in [1.165, 1.54) is 12.1 Å². The number of hydrogen-bond acceptors (Lipinski definition) is 5. The van der Waals surface area contributed by atoms with Gasteiger partial charge in [0.15, 0.2) is 16.9 Å². The van der Waals surface area contributed by atoms with Crippen LogP contribution in [0.15, 0.2) is 63.8 Å². The Morgan fingerprint density at radius 2 is 1.74 bits per heavy atom. The number of fused-ring (bicyclic) bond motifs is 2. The Morgan fingerprint density at radius 1 is 1.00 bits per heavy atom. The third kappa shape index (κ3) is 4.53. The van der Waals surface area contributed by atoms with Crippen molar-refractivity contribution in [2.45, 2.75) is 40.3 Å². The van der Waals surface area contributed by atoms with E-state index in [1.807, 2.05) is 26.0 Å². The summed E-state index contributed by atoms with van der Waals surface area (Å²) >= 11 is 0. The summed E-state index contributed by atoms with van der Waals surface area (Å²) in [6.07, 6.45) is 0. The zero-order valence-corrected chi connectivity index (χ0v) is 22.1. The highest BCUT2D eigenvalue weighted by Crippen LogP contribution is 2.42. The molecular weight excluding hydrogens is 485 g/mol. The van der Waals surface area contributed by atoms with E-state index in [0.29, 0.717) is 40.6 Å². The average Bonchev–Trinajstić information content (AvgIpc) is 3.16. The van der Waals surface area contributed by atoms with Gasteiger partial charge >= 0.3 is 0 Å². The number of carbonyl (C=O) groups excluding carboxylic acids is 1. The molecule has 1 atom stereocenters. The lowest BCUT2D eigenvalue weighted by atomic mass is 9.96. The molecule has 196 valence electrons. The Morgan fingerprint density at radius 3 is 2.42 bits per heavy atom. The molecule has 0 fully saturated rings. The van der Waals surface area contributed by atoms with Gasteiger partial charge in [0.05, 0.1) is 30.7 Å². The average molecular weight is 516 g/mol. The van der Waals surface area contributed by atoms with E-state index in [9.17, 15) is 14.0 Å². The molecule has 0 saturated carbocycles. The normalized spacial score (nSPS) is 14.9. The van der Waals surface area contributed by atoms with E-state index in [1.54, 1.807) is 42.3 Å². The summed E-state index contributed by atoms with van der Waals surface area (Å²) < 4.78 is 31.3. The van der Waals surface area contributed by atoms with E-state index in [0.717, 1.165) is 16.7 Å². The van der Waals surface area contributed by atoms with Crippen molar-refractivity contribution in [1.82, 2.24) is 4.90 Å². The smallest absolute Gasteiger partial charge is 0.291 e. The van der Waals surface area contributed by atoms with E-state index in [-0.39, 0.29) is 29.1 Å². The molecule has 3 aromatic carbocycles. The predicted octanol–water partition coefficient (Wildman–Crippen LogP) is 6.34. The third-order valence-corrected chi connectivity index (χ3v) is 6.74. The molecular formula is C31H30FNO5. The molecule has 1 aliphatic rings. The van der Waals surface area contributed by atoms with Crippen LogP contribution in [-0.4, -0.2) is 24.5 Å². The molecule has 0 radical (unpaired) electrons. The number of rotatable bonds is 7. The molecule has 0 aliphatic carbocycles. The van der Waals surface area contributed by atoms with Gasteiger partial charge in [-0.15, -0.1) is 0 Å². The van der Waals surface area contributed by atoms with Crippen LogP contribution < -0.4 is 14.9 Å². The van der Waals surface area contributed by atoms with Crippen molar-refractivity contribution in [3.05, 3.63) is 104 Å². The molecule has 7 heteroatoms. The fraction of sp³-hybridized carbons (Fsp3) is 0.290. The standard InChI is InChI=1S/C31H30FNO5/c1-17(2)16-37-24-11-8-21(14-25(24)36-5)27-26-28(34)23-13-18(3)12-19(4)29(23)38-30(26)31(35)33(27)15-20-6-9-22(32)10-7-20/h6-14,17,27H,15-16H2,1-5H3. The van der Waals surface area contributed by atoms with Gasteiger partial charge in [0.1, 0.15) is 11.4 Å². The Bertz CT molecular complexity index is 1590. The van der Waals surface area contributed by atoms with E-state index < -0.39 is 11.9 Å². The molecule has 0 spiro atoms. The van der Waals surface area contributed by atoms with Gasteiger partial charge in [-0.25, -0.2) is 4.39 Å². The second kappa shape index (κ2) is 9.97. The van der Waals surface area contributed by atoms with Gasteiger partial charge in [-0.1, -0.05) is 38.1 Å². The minimum atomic E-state index is -0.725. The highest BCUT2D eigenvalue weighted by molar-refractivity contribution is 5.99. The van der Waals surface area contributed by atoms with Gasteiger partial charge in [-0.3, -0.25) is 9.59 Å². The highest BCUT2D eigenvalue weighted by Gasteiger charge is 2.43.